The first kappa shape index (κ1) is 23.5. The summed E-state index contributed by atoms with van der Waals surface area (Å²) in [6, 6.07) is 24.6. The maximum atomic E-state index is 12.5. The van der Waals surface area contributed by atoms with E-state index in [1.165, 1.54) is 0 Å². The van der Waals surface area contributed by atoms with Gasteiger partial charge in [-0.15, -0.1) is 11.3 Å². The van der Waals surface area contributed by atoms with Crippen molar-refractivity contribution in [2.24, 2.45) is 0 Å². The minimum Gasteiger partial charge on any atom is -0.451 e. The number of thiocarbonyl (C=S) groups is 1. The lowest BCUT2D eigenvalue weighted by atomic mass is 10.1. The Morgan fingerprint density at radius 3 is 2.57 bits per heavy atom. The Morgan fingerprint density at radius 1 is 0.971 bits per heavy atom. The van der Waals surface area contributed by atoms with E-state index < -0.39 is 5.91 Å². The van der Waals surface area contributed by atoms with Crippen LogP contribution < -0.4 is 10.6 Å². The predicted octanol–water partition coefficient (Wildman–Crippen LogP) is 7.33. The molecule has 0 radical (unpaired) electrons. The van der Waals surface area contributed by atoms with Crippen molar-refractivity contribution in [1.82, 2.24) is 15.6 Å². The van der Waals surface area contributed by atoms with Crippen LogP contribution >= 0.6 is 46.8 Å². The molecule has 0 saturated carbocycles. The molecule has 0 fully saturated rings. The van der Waals surface area contributed by atoms with Gasteiger partial charge < -0.3 is 9.73 Å². The second-order valence-corrected chi connectivity index (χ2v) is 9.81. The highest BCUT2D eigenvalue weighted by atomic mass is 35.5. The Hall–Kier alpha value is -3.23. The molecule has 0 saturated heterocycles. The van der Waals surface area contributed by atoms with Gasteiger partial charge in [0.25, 0.3) is 5.91 Å². The predicted molar refractivity (Wildman–Crippen MR) is 146 cm³/mol. The molecule has 2 N–H and O–H groups in total. The molecule has 0 aliphatic heterocycles. The minimum absolute atomic E-state index is 0.111. The maximum Gasteiger partial charge on any atom is 0.293 e. The third kappa shape index (κ3) is 5.23. The molecule has 0 atom stereocenters. The number of furan rings is 1. The number of carbonyl (C=O) groups is 1. The number of nitrogens with one attached hydrogen (secondary N) is 2. The summed E-state index contributed by atoms with van der Waals surface area (Å²) in [5.74, 6) is 0.0909. The van der Waals surface area contributed by atoms with Crippen LogP contribution in [0.15, 0.2) is 83.3 Å². The highest BCUT2D eigenvalue weighted by Gasteiger charge is 2.16. The molecule has 5 aromatic rings. The van der Waals surface area contributed by atoms with Crippen LogP contribution in [0, 0.1) is 0 Å². The van der Waals surface area contributed by atoms with Crippen LogP contribution in [0.3, 0.4) is 0 Å². The second-order valence-electron chi connectivity index (χ2n) is 7.59. The van der Waals surface area contributed by atoms with E-state index in [1.54, 1.807) is 41.7 Å². The van der Waals surface area contributed by atoms with Gasteiger partial charge in [-0.3, -0.25) is 10.1 Å². The van der Waals surface area contributed by atoms with E-state index in [2.05, 4.69) is 16.7 Å². The number of para-hydroxylation sites is 1. The fourth-order valence-electron chi connectivity index (χ4n) is 3.45. The highest BCUT2D eigenvalue weighted by Crippen LogP contribution is 2.34. The van der Waals surface area contributed by atoms with Crippen molar-refractivity contribution in [2.45, 2.75) is 6.54 Å². The van der Waals surface area contributed by atoms with Crippen molar-refractivity contribution in [3.05, 3.63) is 100 Å². The van der Waals surface area contributed by atoms with Crippen molar-refractivity contribution < 1.29 is 9.21 Å². The van der Waals surface area contributed by atoms with E-state index in [0.29, 0.717) is 27.9 Å². The van der Waals surface area contributed by atoms with E-state index in [0.717, 1.165) is 26.4 Å². The molecule has 5 rings (SSSR count). The van der Waals surface area contributed by atoms with Gasteiger partial charge in [0.05, 0.1) is 20.3 Å². The van der Waals surface area contributed by atoms with Crippen LogP contribution in [0.2, 0.25) is 10.0 Å². The topological polar surface area (TPSA) is 67.2 Å². The molecule has 2 heterocycles. The van der Waals surface area contributed by atoms with Gasteiger partial charge in [-0.25, -0.2) is 4.98 Å². The Kier molecular flexibility index (Phi) is 6.83. The van der Waals surface area contributed by atoms with Crippen LogP contribution in [-0.2, 0) is 6.54 Å². The number of nitrogens with zero attached hydrogens (tertiary/aromatic N) is 1. The van der Waals surface area contributed by atoms with Gasteiger partial charge in [0, 0.05) is 17.7 Å². The molecule has 1 amide bonds. The minimum atomic E-state index is -0.460. The number of aromatic nitrogens is 1. The molecule has 174 valence electrons. The van der Waals surface area contributed by atoms with Gasteiger partial charge in [0.2, 0.25) is 0 Å². The van der Waals surface area contributed by atoms with Crippen LogP contribution in [0.5, 0.6) is 0 Å². The van der Waals surface area contributed by atoms with Crippen LogP contribution in [-0.4, -0.2) is 16.0 Å². The van der Waals surface area contributed by atoms with Crippen LogP contribution in [0.1, 0.15) is 16.1 Å². The lowest BCUT2D eigenvalue weighted by Crippen LogP contribution is -2.38. The summed E-state index contributed by atoms with van der Waals surface area (Å²) in [7, 11) is 0. The molecule has 35 heavy (non-hydrogen) atoms. The third-order valence-electron chi connectivity index (χ3n) is 5.22. The Balaban J connectivity index is 1.17. The quantitative estimate of drug-likeness (QED) is 0.229. The molecular weight excluding hydrogens is 521 g/mol. The van der Waals surface area contributed by atoms with Crippen molar-refractivity contribution >= 4 is 68.0 Å². The average Bonchev–Trinajstić information content (AvgIpc) is 3.52. The van der Waals surface area contributed by atoms with Crippen LogP contribution in [0.25, 0.3) is 32.1 Å². The zero-order valence-corrected chi connectivity index (χ0v) is 21.2. The number of hydrogen-bond donors (Lipinski definition) is 2. The summed E-state index contributed by atoms with van der Waals surface area (Å²) in [5.41, 5.74) is 3.67. The van der Waals surface area contributed by atoms with E-state index >= 15 is 0 Å². The molecule has 0 aliphatic carbocycles. The van der Waals surface area contributed by atoms with Gasteiger partial charge in [0.15, 0.2) is 10.9 Å². The molecule has 0 unspecified atom stereocenters. The highest BCUT2D eigenvalue weighted by molar-refractivity contribution is 7.80. The number of rotatable bonds is 5. The Labute approximate surface area is 220 Å². The van der Waals surface area contributed by atoms with Crippen molar-refractivity contribution in [2.75, 3.05) is 0 Å². The van der Waals surface area contributed by atoms with E-state index in [1.807, 2.05) is 42.5 Å². The van der Waals surface area contributed by atoms with E-state index in [4.69, 9.17) is 44.8 Å². The van der Waals surface area contributed by atoms with Gasteiger partial charge in [0.1, 0.15) is 10.8 Å². The fourth-order valence-corrected chi connectivity index (χ4v) is 4.98. The summed E-state index contributed by atoms with van der Waals surface area (Å²) in [6.07, 6.45) is 0. The summed E-state index contributed by atoms with van der Waals surface area (Å²) < 4.78 is 6.82. The number of thiazole rings is 1. The normalized spacial score (nSPS) is 10.9. The summed E-state index contributed by atoms with van der Waals surface area (Å²) >= 11 is 19.2. The molecule has 9 heteroatoms. The number of benzene rings is 3. The zero-order valence-electron chi connectivity index (χ0n) is 18.0. The average molecular weight is 538 g/mol. The number of carbonyl (C=O) groups excluding carboxylic acids is 1. The second kappa shape index (κ2) is 10.2. The van der Waals surface area contributed by atoms with Gasteiger partial charge in [-0.2, -0.15) is 0 Å². The monoisotopic (exact) mass is 537 g/mol. The Morgan fingerprint density at radius 2 is 1.77 bits per heavy atom. The number of amides is 1. The largest absolute Gasteiger partial charge is 0.451 e. The van der Waals surface area contributed by atoms with E-state index in [9.17, 15) is 4.79 Å². The number of fused-ring (bicyclic) bond motifs is 1. The van der Waals surface area contributed by atoms with Crippen LogP contribution in [0.4, 0.5) is 0 Å². The third-order valence-corrected chi connectivity index (χ3v) is 7.37. The lowest BCUT2D eigenvalue weighted by Gasteiger charge is -2.09. The van der Waals surface area contributed by atoms with Gasteiger partial charge in [-0.05, 0) is 54.2 Å². The molecule has 0 spiro atoms. The molecule has 0 aliphatic rings. The standard InChI is InChI=1S/C26H17Cl2N3O2S2/c27-18-5-3-4-17(23(18)28)20-12-13-21(33-20)24(32)31-26(34)29-14-15-8-10-16(11-9-15)25-30-19-6-1-2-7-22(19)35-25/h1-13H,14H2,(H2,29,31,32,34). The van der Waals surface area contributed by atoms with E-state index in [-0.39, 0.29) is 10.9 Å². The van der Waals surface area contributed by atoms with Gasteiger partial charge >= 0.3 is 0 Å². The van der Waals surface area contributed by atoms with Crippen molar-refractivity contribution in [1.29, 1.82) is 0 Å². The van der Waals surface area contributed by atoms with Crippen molar-refractivity contribution in [3.63, 3.8) is 0 Å². The summed E-state index contributed by atoms with van der Waals surface area (Å²) in [6.45, 7) is 0.459. The zero-order chi connectivity index (χ0) is 24.4. The smallest absolute Gasteiger partial charge is 0.293 e. The first-order valence-corrected chi connectivity index (χ1v) is 12.5. The molecule has 2 aromatic heterocycles. The first-order chi connectivity index (χ1) is 17.0. The number of halogens is 2. The summed E-state index contributed by atoms with van der Waals surface area (Å²) in [4.78, 5) is 17.2. The summed E-state index contributed by atoms with van der Waals surface area (Å²) in [5, 5.41) is 7.62. The maximum absolute atomic E-state index is 12.5. The van der Waals surface area contributed by atoms with Gasteiger partial charge in [-0.1, -0.05) is 65.7 Å². The first-order valence-electron chi connectivity index (χ1n) is 10.6. The Bertz CT molecular complexity index is 1510. The van der Waals surface area contributed by atoms with Crippen molar-refractivity contribution in [3.8, 4) is 21.9 Å². The lowest BCUT2D eigenvalue weighted by molar-refractivity contribution is 0.0950. The SMILES string of the molecule is O=C(NC(=S)NCc1ccc(-c2nc3ccccc3s2)cc1)c1ccc(-c2cccc(Cl)c2Cl)o1. The molecule has 5 nitrogen and oxygen atoms in total. The molecule has 3 aromatic carbocycles. The fraction of sp³-hybridized carbons (Fsp3) is 0.0385. The molecule has 0 bridgehead atoms. The number of hydrogen-bond acceptors (Lipinski definition) is 5. The molecular formula is C26H17Cl2N3O2S2.